The SMILES string of the molecule is CC(C)(C)NC(N)=NCCCN1CCN(c2cccc(C(F)(F)F)c2)CC1.I. The molecule has 0 aliphatic carbocycles. The largest absolute Gasteiger partial charge is 0.416 e. The summed E-state index contributed by atoms with van der Waals surface area (Å²) in [7, 11) is 0. The summed E-state index contributed by atoms with van der Waals surface area (Å²) in [5, 5.41) is 3.12. The Morgan fingerprint density at radius 2 is 1.79 bits per heavy atom. The van der Waals surface area contributed by atoms with E-state index in [1.807, 2.05) is 25.7 Å². The van der Waals surface area contributed by atoms with Gasteiger partial charge in [-0.05, 0) is 45.4 Å². The third kappa shape index (κ3) is 8.42. The minimum absolute atomic E-state index is 0. The first-order valence-electron chi connectivity index (χ1n) is 9.27. The van der Waals surface area contributed by atoms with Crippen molar-refractivity contribution in [2.24, 2.45) is 10.7 Å². The van der Waals surface area contributed by atoms with Crippen LogP contribution in [-0.4, -0.2) is 55.7 Å². The summed E-state index contributed by atoms with van der Waals surface area (Å²) in [4.78, 5) is 8.65. The van der Waals surface area contributed by atoms with Gasteiger partial charge in [0.15, 0.2) is 5.96 Å². The van der Waals surface area contributed by atoms with E-state index in [9.17, 15) is 13.2 Å². The van der Waals surface area contributed by atoms with Crippen molar-refractivity contribution in [3.05, 3.63) is 29.8 Å². The molecule has 0 saturated carbocycles. The van der Waals surface area contributed by atoms with Crippen molar-refractivity contribution in [3.8, 4) is 0 Å². The van der Waals surface area contributed by atoms with Crippen LogP contribution in [-0.2, 0) is 6.18 Å². The van der Waals surface area contributed by atoms with Crippen LogP contribution in [0.25, 0.3) is 0 Å². The highest BCUT2D eigenvalue weighted by Gasteiger charge is 2.31. The van der Waals surface area contributed by atoms with Gasteiger partial charge in [-0.3, -0.25) is 9.89 Å². The van der Waals surface area contributed by atoms with Gasteiger partial charge in [0.25, 0.3) is 0 Å². The lowest BCUT2D eigenvalue weighted by Crippen LogP contribution is -2.47. The van der Waals surface area contributed by atoms with Crippen molar-refractivity contribution in [1.82, 2.24) is 10.2 Å². The summed E-state index contributed by atoms with van der Waals surface area (Å²) >= 11 is 0. The van der Waals surface area contributed by atoms with Gasteiger partial charge in [-0.1, -0.05) is 6.07 Å². The van der Waals surface area contributed by atoms with Crippen LogP contribution in [0.15, 0.2) is 29.3 Å². The lowest BCUT2D eigenvalue weighted by atomic mass is 10.1. The number of anilines is 1. The van der Waals surface area contributed by atoms with E-state index < -0.39 is 11.7 Å². The molecule has 1 heterocycles. The zero-order valence-electron chi connectivity index (χ0n) is 16.7. The first-order chi connectivity index (χ1) is 12.5. The van der Waals surface area contributed by atoms with Crippen LogP contribution in [0.2, 0.25) is 0 Å². The normalized spacial score (nSPS) is 16.6. The molecule has 2 rings (SSSR count). The number of guanidine groups is 1. The highest BCUT2D eigenvalue weighted by Crippen LogP contribution is 2.31. The molecule has 1 aromatic rings. The zero-order chi connectivity index (χ0) is 20.1. The van der Waals surface area contributed by atoms with Crippen molar-refractivity contribution < 1.29 is 13.2 Å². The van der Waals surface area contributed by atoms with Gasteiger partial charge in [-0.25, -0.2) is 0 Å². The standard InChI is InChI=1S/C19H30F3N5.HI/c1-18(2,3)25-17(23)24-8-5-9-26-10-12-27(13-11-26)16-7-4-6-15(14-16)19(20,21)22;/h4,6-7,14H,5,8-13H2,1-3H3,(H3,23,24,25);1H. The number of nitrogens with zero attached hydrogens (tertiary/aromatic N) is 3. The average molecular weight is 513 g/mol. The summed E-state index contributed by atoms with van der Waals surface area (Å²) in [5.41, 5.74) is 5.78. The van der Waals surface area contributed by atoms with Gasteiger partial charge in [0.05, 0.1) is 5.56 Å². The molecule has 0 aromatic heterocycles. The third-order valence-corrected chi connectivity index (χ3v) is 4.33. The van der Waals surface area contributed by atoms with Gasteiger partial charge in [0.2, 0.25) is 0 Å². The van der Waals surface area contributed by atoms with Crippen LogP contribution in [0.3, 0.4) is 0 Å². The fourth-order valence-electron chi connectivity index (χ4n) is 3.03. The first kappa shape index (κ1) is 24.8. The molecule has 1 saturated heterocycles. The fourth-order valence-corrected chi connectivity index (χ4v) is 3.03. The van der Waals surface area contributed by atoms with E-state index in [-0.39, 0.29) is 29.5 Å². The van der Waals surface area contributed by atoms with E-state index in [1.54, 1.807) is 6.07 Å². The number of aliphatic imine (C=N–C) groups is 1. The van der Waals surface area contributed by atoms with Crippen LogP contribution in [0.1, 0.15) is 32.8 Å². The quantitative estimate of drug-likeness (QED) is 0.274. The smallest absolute Gasteiger partial charge is 0.370 e. The summed E-state index contributed by atoms with van der Waals surface area (Å²) in [6, 6.07) is 5.55. The van der Waals surface area contributed by atoms with Crippen LogP contribution in [0.5, 0.6) is 0 Å². The Bertz CT molecular complexity index is 635. The molecule has 0 radical (unpaired) electrons. The number of hydrogen-bond donors (Lipinski definition) is 2. The van der Waals surface area contributed by atoms with Crippen molar-refractivity contribution in [2.75, 3.05) is 44.2 Å². The maximum Gasteiger partial charge on any atom is 0.416 e. The fraction of sp³-hybridized carbons (Fsp3) is 0.632. The van der Waals surface area contributed by atoms with Crippen molar-refractivity contribution in [3.63, 3.8) is 0 Å². The van der Waals surface area contributed by atoms with Gasteiger partial charge in [0, 0.05) is 50.5 Å². The summed E-state index contributed by atoms with van der Waals surface area (Å²) in [6.07, 6.45) is -3.40. The Balaban J connectivity index is 0.00000392. The molecular weight excluding hydrogens is 482 g/mol. The summed E-state index contributed by atoms with van der Waals surface area (Å²) in [6.45, 7) is 10.7. The highest BCUT2D eigenvalue weighted by atomic mass is 127. The molecule has 160 valence electrons. The molecule has 3 N–H and O–H groups in total. The van der Waals surface area contributed by atoms with Crippen LogP contribution in [0, 0.1) is 0 Å². The van der Waals surface area contributed by atoms with Crippen LogP contribution in [0.4, 0.5) is 18.9 Å². The molecule has 9 heteroatoms. The molecule has 28 heavy (non-hydrogen) atoms. The molecule has 0 unspecified atom stereocenters. The molecule has 0 atom stereocenters. The predicted molar refractivity (Wildman–Crippen MR) is 120 cm³/mol. The maximum atomic E-state index is 12.9. The van der Waals surface area contributed by atoms with E-state index in [0.29, 0.717) is 18.2 Å². The van der Waals surface area contributed by atoms with Crippen molar-refractivity contribution in [1.29, 1.82) is 0 Å². The van der Waals surface area contributed by atoms with Crippen LogP contribution < -0.4 is 16.0 Å². The number of nitrogens with two attached hydrogens (primary N) is 1. The molecule has 0 bridgehead atoms. The molecule has 1 aliphatic heterocycles. The summed E-state index contributed by atoms with van der Waals surface area (Å²) in [5.74, 6) is 0.455. The maximum absolute atomic E-state index is 12.9. The minimum atomic E-state index is -4.30. The van der Waals surface area contributed by atoms with Gasteiger partial charge in [0.1, 0.15) is 0 Å². The zero-order valence-corrected chi connectivity index (χ0v) is 19.1. The number of halogens is 4. The van der Waals surface area contributed by atoms with Gasteiger partial charge >= 0.3 is 6.18 Å². The first-order valence-corrected chi connectivity index (χ1v) is 9.27. The van der Waals surface area contributed by atoms with Crippen LogP contribution >= 0.6 is 24.0 Å². The van der Waals surface area contributed by atoms with Gasteiger partial charge < -0.3 is 16.0 Å². The molecule has 1 aliphatic rings. The lowest BCUT2D eigenvalue weighted by molar-refractivity contribution is -0.137. The van der Waals surface area contributed by atoms with Gasteiger partial charge in [-0.2, -0.15) is 13.2 Å². The molecule has 0 spiro atoms. The number of rotatable bonds is 5. The molecule has 1 aromatic carbocycles. The number of hydrogen-bond acceptors (Lipinski definition) is 3. The molecule has 0 amide bonds. The molecule has 5 nitrogen and oxygen atoms in total. The molecule has 1 fully saturated rings. The highest BCUT2D eigenvalue weighted by molar-refractivity contribution is 14.0. The van der Waals surface area contributed by atoms with Crippen molar-refractivity contribution in [2.45, 2.75) is 38.9 Å². The number of piperazine rings is 1. The minimum Gasteiger partial charge on any atom is -0.370 e. The number of alkyl halides is 3. The predicted octanol–water partition coefficient (Wildman–Crippen LogP) is 3.54. The summed E-state index contributed by atoms with van der Waals surface area (Å²) < 4.78 is 38.6. The monoisotopic (exact) mass is 513 g/mol. The van der Waals surface area contributed by atoms with E-state index >= 15 is 0 Å². The van der Waals surface area contributed by atoms with E-state index in [4.69, 9.17) is 5.73 Å². The Hall–Kier alpha value is -1.23. The second-order valence-corrected chi connectivity index (χ2v) is 7.87. The third-order valence-electron chi connectivity index (χ3n) is 4.33. The Morgan fingerprint density at radius 3 is 2.36 bits per heavy atom. The lowest BCUT2D eigenvalue weighted by Gasteiger charge is -2.36. The number of benzene rings is 1. The topological polar surface area (TPSA) is 56.9 Å². The van der Waals surface area contributed by atoms with E-state index in [2.05, 4.69) is 15.2 Å². The average Bonchev–Trinajstić information content (AvgIpc) is 2.57. The Labute approximate surface area is 182 Å². The van der Waals surface area contributed by atoms with Crippen molar-refractivity contribution >= 4 is 35.6 Å². The second kappa shape index (κ2) is 10.5. The van der Waals surface area contributed by atoms with E-state index in [1.165, 1.54) is 12.1 Å². The van der Waals surface area contributed by atoms with E-state index in [0.717, 1.165) is 45.2 Å². The van der Waals surface area contributed by atoms with Gasteiger partial charge in [-0.15, -0.1) is 24.0 Å². The molecular formula is C19H31F3IN5. The second-order valence-electron chi connectivity index (χ2n) is 7.87. The Kier molecular flexibility index (Phi) is 9.32. The number of nitrogens with one attached hydrogen (secondary N) is 1. The Morgan fingerprint density at radius 1 is 1.14 bits per heavy atom.